The zero-order valence-corrected chi connectivity index (χ0v) is 19.9. The van der Waals surface area contributed by atoms with Crippen molar-refractivity contribution in [1.29, 1.82) is 0 Å². The first-order valence-corrected chi connectivity index (χ1v) is 12.9. The molecule has 4 rings (SSSR count). The van der Waals surface area contributed by atoms with E-state index in [1.54, 1.807) is 7.11 Å². The molecule has 3 aliphatic carbocycles. The van der Waals surface area contributed by atoms with E-state index in [1.165, 1.54) is 32.1 Å². The molecule has 0 radical (unpaired) electrons. The van der Waals surface area contributed by atoms with Crippen molar-refractivity contribution in [3.05, 3.63) is 0 Å². The molecule has 0 spiro atoms. The highest BCUT2D eigenvalue weighted by molar-refractivity contribution is 5.84. The Morgan fingerprint density at radius 2 is 2.00 bits per heavy atom. The lowest BCUT2D eigenvalue weighted by molar-refractivity contribution is -0.130. The molecule has 1 saturated heterocycles. The third-order valence-electron chi connectivity index (χ3n) is 9.31. The van der Waals surface area contributed by atoms with E-state index in [-0.39, 0.29) is 17.4 Å². The Bertz CT molecular complexity index is 617. The number of nitrogens with one attached hydrogen (secondary N) is 2. The van der Waals surface area contributed by atoms with Gasteiger partial charge in [-0.2, -0.15) is 5.53 Å². The van der Waals surface area contributed by atoms with Gasteiger partial charge >= 0.3 is 0 Å². The molecule has 178 valence electrons. The largest absolute Gasteiger partial charge is 0.393 e. The molecule has 3 N–H and O–H groups in total. The second kappa shape index (κ2) is 10.2. The van der Waals surface area contributed by atoms with E-state index in [0.717, 1.165) is 57.1 Å². The normalized spacial score (nSPS) is 44.6. The summed E-state index contributed by atoms with van der Waals surface area (Å²) in [5, 5.41) is 12.5. The Morgan fingerprint density at radius 3 is 2.74 bits per heavy atom. The number of hydrogen-bond acceptors (Lipinski definition) is 6. The van der Waals surface area contributed by atoms with Crippen LogP contribution in [0.4, 0.5) is 0 Å². The first-order chi connectivity index (χ1) is 14.9. The SMILES string of the molecule is COC[C@H]1CC[C@@H]2C(CCC[C@@H](O)C1)CC[C@]1(C)[C@@H](C(=O)CN3CC(C)NN3)CC[C@@H]21. The van der Waals surface area contributed by atoms with Gasteiger partial charge in [0.2, 0.25) is 0 Å². The lowest BCUT2D eigenvalue weighted by atomic mass is 9.55. The Hall–Kier alpha value is -0.530. The highest BCUT2D eigenvalue weighted by atomic mass is 16.5. The maximum absolute atomic E-state index is 13.4. The quantitative estimate of drug-likeness (QED) is 0.615. The number of ether oxygens (including phenoxy) is 1. The van der Waals surface area contributed by atoms with Gasteiger partial charge in [-0.15, -0.1) is 0 Å². The standard InChI is InChI=1S/C25H45N3O3/c1-17-14-28(27-26-17)15-24(30)23-10-9-22-21-8-7-18(16-31-3)13-20(29)6-4-5-19(21)11-12-25(22,23)2/h17-23,26-27,29H,4-16H2,1-3H3/t17?,18-,19?,20+,21+,22-,23+,25-/m0/s1. The zero-order chi connectivity index (χ0) is 22.0. The van der Waals surface area contributed by atoms with Gasteiger partial charge in [0.1, 0.15) is 0 Å². The number of ketones is 1. The summed E-state index contributed by atoms with van der Waals surface area (Å²) >= 11 is 0. The Balaban J connectivity index is 1.45. The van der Waals surface area contributed by atoms with Gasteiger partial charge in [0.25, 0.3) is 0 Å². The van der Waals surface area contributed by atoms with Crippen LogP contribution in [-0.4, -0.2) is 54.9 Å². The second-order valence-corrected chi connectivity index (χ2v) is 11.4. The van der Waals surface area contributed by atoms with Gasteiger partial charge in [0, 0.05) is 32.2 Å². The van der Waals surface area contributed by atoms with Crippen molar-refractivity contribution in [2.75, 3.05) is 26.8 Å². The van der Waals surface area contributed by atoms with Gasteiger partial charge in [0.15, 0.2) is 5.78 Å². The summed E-state index contributed by atoms with van der Waals surface area (Å²) in [6.07, 6.45) is 11.2. The molecule has 4 fully saturated rings. The van der Waals surface area contributed by atoms with Gasteiger partial charge in [-0.1, -0.05) is 19.8 Å². The molecule has 2 unspecified atom stereocenters. The van der Waals surface area contributed by atoms with Crippen LogP contribution in [0.3, 0.4) is 0 Å². The zero-order valence-electron chi connectivity index (χ0n) is 19.9. The second-order valence-electron chi connectivity index (χ2n) is 11.4. The summed E-state index contributed by atoms with van der Waals surface area (Å²) < 4.78 is 5.49. The fraction of sp³-hybridized carbons (Fsp3) is 0.960. The van der Waals surface area contributed by atoms with Gasteiger partial charge in [-0.3, -0.25) is 4.79 Å². The number of aliphatic hydroxyl groups is 1. The average Bonchev–Trinajstić information content (AvgIpc) is 3.29. The lowest BCUT2D eigenvalue weighted by Gasteiger charge is -2.49. The van der Waals surface area contributed by atoms with Crippen LogP contribution in [-0.2, 0) is 9.53 Å². The van der Waals surface area contributed by atoms with Crippen LogP contribution in [0, 0.1) is 35.0 Å². The smallest absolute Gasteiger partial charge is 0.151 e. The van der Waals surface area contributed by atoms with Gasteiger partial charge in [-0.25, -0.2) is 10.4 Å². The molecular weight excluding hydrogens is 390 g/mol. The molecule has 1 aliphatic heterocycles. The molecule has 31 heavy (non-hydrogen) atoms. The molecule has 0 aromatic heterocycles. The van der Waals surface area contributed by atoms with Crippen LogP contribution in [0.5, 0.6) is 0 Å². The number of methoxy groups -OCH3 is 1. The van der Waals surface area contributed by atoms with Crippen molar-refractivity contribution in [3.63, 3.8) is 0 Å². The summed E-state index contributed by atoms with van der Waals surface area (Å²) in [5.74, 6) is 3.29. The van der Waals surface area contributed by atoms with Crippen LogP contribution < -0.4 is 11.0 Å². The first kappa shape index (κ1) is 23.6. The van der Waals surface area contributed by atoms with Crippen LogP contribution in [0.15, 0.2) is 0 Å². The minimum atomic E-state index is -0.171. The predicted octanol–water partition coefficient (Wildman–Crippen LogP) is 3.31. The Kier molecular flexibility index (Phi) is 7.75. The van der Waals surface area contributed by atoms with Crippen molar-refractivity contribution < 1.29 is 14.6 Å². The number of aliphatic hydroxyl groups excluding tert-OH is 1. The van der Waals surface area contributed by atoms with Crippen molar-refractivity contribution in [2.24, 2.45) is 35.0 Å². The lowest BCUT2D eigenvalue weighted by Crippen LogP contribution is -2.47. The Labute approximate surface area is 188 Å². The maximum Gasteiger partial charge on any atom is 0.151 e. The predicted molar refractivity (Wildman–Crippen MR) is 122 cm³/mol. The number of rotatable bonds is 5. The van der Waals surface area contributed by atoms with Crippen molar-refractivity contribution >= 4 is 5.78 Å². The molecule has 8 atom stereocenters. The van der Waals surface area contributed by atoms with Crippen molar-refractivity contribution in [2.45, 2.75) is 90.2 Å². The van der Waals surface area contributed by atoms with E-state index < -0.39 is 0 Å². The topological polar surface area (TPSA) is 73.8 Å². The van der Waals surface area contributed by atoms with Crippen LogP contribution >= 0.6 is 0 Å². The van der Waals surface area contributed by atoms with Gasteiger partial charge < -0.3 is 9.84 Å². The van der Waals surface area contributed by atoms with Crippen LogP contribution in [0.2, 0.25) is 0 Å². The number of fused-ring (bicyclic) bond motifs is 3. The number of hydrogen-bond donors (Lipinski definition) is 3. The van der Waals surface area contributed by atoms with Gasteiger partial charge in [-0.05, 0) is 87.4 Å². The molecule has 3 saturated carbocycles. The number of hydrazine groups is 2. The molecule has 1 heterocycles. The molecule has 6 nitrogen and oxygen atoms in total. The molecule has 0 aromatic carbocycles. The summed E-state index contributed by atoms with van der Waals surface area (Å²) in [5.41, 5.74) is 6.54. The van der Waals surface area contributed by atoms with E-state index in [0.29, 0.717) is 30.2 Å². The minimum absolute atomic E-state index is 0.164. The summed E-state index contributed by atoms with van der Waals surface area (Å²) in [6.45, 7) is 6.74. The monoisotopic (exact) mass is 435 g/mol. The summed E-state index contributed by atoms with van der Waals surface area (Å²) in [6, 6.07) is 0.386. The van der Waals surface area contributed by atoms with Gasteiger partial charge in [0.05, 0.1) is 12.6 Å². The summed E-state index contributed by atoms with van der Waals surface area (Å²) in [7, 11) is 1.78. The van der Waals surface area contributed by atoms with Crippen LogP contribution in [0.1, 0.15) is 78.1 Å². The highest BCUT2D eigenvalue weighted by Crippen LogP contribution is 2.61. The van der Waals surface area contributed by atoms with E-state index in [1.807, 2.05) is 0 Å². The maximum atomic E-state index is 13.4. The fourth-order valence-corrected chi connectivity index (χ4v) is 7.77. The van der Waals surface area contributed by atoms with Crippen LogP contribution in [0.25, 0.3) is 0 Å². The third kappa shape index (κ3) is 5.19. The Morgan fingerprint density at radius 1 is 1.16 bits per heavy atom. The molecule has 4 aliphatic rings. The van der Waals surface area contributed by atoms with Crippen molar-refractivity contribution in [1.82, 2.24) is 16.0 Å². The van der Waals surface area contributed by atoms with E-state index in [9.17, 15) is 9.90 Å². The molecular formula is C25H45N3O3. The average molecular weight is 436 g/mol. The molecule has 0 aromatic rings. The minimum Gasteiger partial charge on any atom is -0.393 e. The number of carbonyl (C=O) groups excluding carboxylic acids is 1. The molecule has 0 amide bonds. The number of Topliss-reactive ketones (excluding diaryl/α,β-unsaturated/α-hetero) is 1. The van der Waals surface area contributed by atoms with E-state index in [4.69, 9.17) is 4.74 Å². The number of nitrogens with zero attached hydrogens (tertiary/aromatic N) is 1. The first-order valence-electron chi connectivity index (χ1n) is 12.9. The molecule has 0 bridgehead atoms. The highest BCUT2D eigenvalue weighted by Gasteiger charge is 2.55. The van der Waals surface area contributed by atoms with E-state index >= 15 is 0 Å². The summed E-state index contributed by atoms with van der Waals surface area (Å²) in [4.78, 5) is 13.4. The van der Waals surface area contributed by atoms with Crippen molar-refractivity contribution in [3.8, 4) is 0 Å². The fourth-order valence-electron chi connectivity index (χ4n) is 7.77. The van der Waals surface area contributed by atoms with E-state index in [2.05, 4.69) is 29.8 Å². The third-order valence-corrected chi connectivity index (χ3v) is 9.31. The molecule has 6 heteroatoms. The number of carbonyl (C=O) groups is 1.